The fraction of sp³-hybridized carbons (Fsp3) is 0.600. The summed E-state index contributed by atoms with van der Waals surface area (Å²) in [4.78, 5) is 19.9. The first kappa shape index (κ1) is 9.93. The van der Waals surface area contributed by atoms with Crippen LogP contribution in [0.3, 0.4) is 0 Å². The quantitative estimate of drug-likeness (QED) is 0.572. The average molecular weight is 170 g/mol. The van der Waals surface area contributed by atoms with Gasteiger partial charge in [0.15, 0.2) is 5.78 Å². The Balaban J connectivity index is 3.80. The first-order chi connectivity index (χ1) is 4.84. The monoisotopic (exact) mass is 170 g/mol. The van der Waals surface area contributed by atoms with Gasteiger partial charge in [0.1, 0.15) is 6.61 Å². The lowest BCUT2D eigenvalue weighted by Crippen LogP contribution is -2.27. The van der Waals surface area contributed by atoms with Crippen LogP contribution in [-0.2, 0) is 14.3 Å². The van der Waals surface area contributed by atoms with Crippen molar-refractivity contribution >= 4 is 11.8 Å². The van der Waals surface area contributed by atoms with Gasteiger partial charge in [-0.3, -0.25) is 4.79 Å². The van der Waals surface area contributed by atoms with Crippen molar-refractivity contribution in [2.75, 3.05) is 6.61 Å². The summed E-state index contributed by atoms with van der Waals surface area (Å²) < 4.78 is 37.5. The van der Waals surface area contributed by atoms with E-state index in [0.29, 0.717) is 0 Å². The highest BCUT2D eigenvalue weighted by atomic mass is 19.4. The molecule has 0 amide bonds. The van der Waals surface area contributed by atoms with Gasteiger partial charge in [0.2, 0.25) is 0 Å². The SMILES string of the molecule is CC(=O)COC(=O)C(F)(F)F. The Morgan fingerprint density at radius 1 is 1.36 bits per heavy atom. The Hall–Kier alpha value is -1.07. The first-order valence-corrected chi connectivity index (χ1v) is 2.57. The topological polar surface area (TPSA) is 43.4 Å². The maximum atomic E-state index is 11.3. The van der Waals surface area contributed by atoms with Gasteiger partial charge in [-0.15, -0.1) is 0 Å². The fourth-order valence-corrected chi connectivity index (χ4v) is 0.249. The number of ether oxygens (including phenoxy) is 1. The van der Waals surface area contributed by atoms with E-state index in [2.05, 4.69) is 4.74 Å². The lowest BCUT2D eigenvalue weighted by atomic mass is 10.5. The number of esters is 1. The summed E-state index contributed by atoms with van der Waals surface area (Å²) in [7, 11) is 0. The molecule has 0 rings (SSSR count). The molecule has 0 fully saturated rings. The molecular formula is C5H5F3O3. The number of alkyl halides is 3. The van der Waals surface area contributed by atoms with E-state index in [4.69, 9.17) is 0 Å². The summed E-state index contributed by atoms with van der Waals surface area (Å²) in [5.41, 5.74) is 0. The van der Waals surface area contributed by atoms with Crippen LogP contribution in [-0.4, -0.2) is 24.5 Å². The molecule has 0 saturated heterocycles. The van der Waals surface area contributed by atoms with Crippen molar-refractivity contribution < 1.29 is 27.5 Å². The largest absolute Gasteiger partial charge is 0.490 e. The molecule has 0 aromatic heterocycles. The molecule has 0 bridgehead atoms. The third-order valence-electron chi connectivity index (χ3n) is 0.638. The second-order valence-corrected chi connectivity index (χ2v) is 1.78. The molecule has 64 valence electrons. The molecule has 0 heterocycles. The van der Waals surface area contributed by atoms with Gasteiger partial charge < -0.3 is 4.74 Å². The number of ketones is 1. The second kappa shape index (κ2) is 3.36. The van der Waals surface area contributed by atoms with E-state index in [1.54, 1.807) is 0 Å². The third-order valence-corrected chi connectivity index (χ3v) is 0.638. The summed E-state index contributed by atoms with van der Waals surface area (Å²) in [6, 6.07) is 0. The van der Waals surface area contributed by atoms with Crippen LogP contribution in [0.25, 0.3) is 0 Å². The van der Waals surface area contributed by atoms with Gasteiger partial charge in [-0.1, -0.05) is 0 Å². The molecule has 6 heteroatoms. The van der Waals surface area contributed by atoms with Crippen LogP contribution in [0, 0.1) is 0 Å². The molecule has 0 aromatic rings. The normalized spacial score (nSPS) is 10.9. The van der Waals surface area contributed by atoms with Crippen LogP contribution in [0.2, 0.25) is 0 Å². The zero-order valence-electron chi connectivity index (χ0n) is 5.57. The predicted molar refractivity (Wildman–Crippen MR) is 27.7 cm³/mol. The standard InChI is InChI=1S/C5H5F3O3/c1-3(9)2-11-4(10)5(6,7)8/h2H2,1H3. The van der Waals surface area contributed by atoms with Crippen LogP contribution in [0.4, 0.5) is 13.2 Å². The van der Waals surface area contributed by atoms with E-state index in [9.17, 15) is 22.8 Å². The summed E-state index contributed by atoms with van der Waals surface area (Å²) in [5, 5.41) is 0. The Morgan fingerprint density at radius 3 is 2.09 bits per heavy atom. The molecule has 0 aliphatic carbocycles. The number of rotatable bonds is 2. The van der Waals surface area contributed by atoms with Crippen molar-refractivity contribution in [1.29, 1.82) is 0 Å². The molecule has 0 spiro atoms. The van der Waals surface area contributed by atoms with Gasteiger partial charge in [-0.2, -0.15) is 13.2 Å². The predicted octanol–water partition coefficient (Wildman–Crippen LogP) is 0.681. The number of Topliss-reactive ketones (excluding diaryl/α,β-unsaturated/α-hetero) is 1. The van der Waals surface area contributed by atoms with Gasteiger partial charge in [0.05, 0.1) is 0 Å². The van der Waals surface area contributed by atoms with Crippen LogP contribution in [0.5, 0.6) is 0 Å². The first-order valence-electron chi connectivity index (χ1n) is 2.57. The van der Waals surface area contributed by atoms with E-state index < -0.39 is 24.5 Å². The van der Waals surface area contributed by atoms with Gasteiger partial charge in [0, 0.05) is 0 Å². The van der Waals surface area contributed by atoms with Crippen LogP contribution in [0.15, 0.2) is 0 Å². The van der Waals surface area contributed by atoms with Gasteiger partial charge in [-0.05, 0) is 6.92 Å². The molecule has 0 atom stereocenters. The summed E-state index contributed by atoms with van der Waals surface area (Å²) >= 11 is 0. The smallest absolute Gasteiger partial charge is 0.451 e. The maximum Gasteiger partial charge on any atom is 0.490 e. The molecule has 0 saturated carbocycles. The molecule has 0 unspecified atom stereocenters. The maximum absolute atomic E-state index is 11.3. The van der Waals surface area contributed by atoms with Crippen LogP contribution in [0.1, 0.15) is 6.92 Å². The van der Waals surface area contributed by atoms with Crippen molar-refractivity contribution in [2.24, 2.45) is 0 Å². The molecule has 0 aromatic carbocycles. The minimum atomic E-state index is -5.02. The lowest BCUT2D eigenvalue weighted by molar-refractivity contribution is -0.199. The Kier molecular flexibility index (Phi) is 3.03. The van der Waals surface area contributed by atoms with Crippen molar-refractivity contribution in [1.82, 2.24) is 0 Å². The molecule has 0 N–H and O–H groups in total. The molecule has 3 nitrogen and oxygen atoms in total. The number of hydrogen-bond acceptors (Lipinski definition) is 3. The zero-order valence-corrected chi connectivity index (χ0v) is 5.57. The Bertz CT molecular complexity index is 172. The lowest BCUT2D eigenvalue weighted by Gasteiger charge is -2.04. The number of hydrogen-bond donors (Lipinski definition) is 0. The van der Waals surface area contributed by atoms with Crippen LogP contribution >= 0.6 is 0 Å². The highest BCUT2D eigenvalue weighted by Crippen LogP contribution is 2.15. The highest BCUT2D eigenvalue weighted by Gasteiger charge is 2.40. The van der Waals surface area contributed by atoms with E-state index in [1.165, 1.54) is 0 Å². The summed E-state index contributed by atoms with van der Waals surface area (Å²) in [5.74, 6) is -2.98. The Labute approximate surface area is 60.1 Å². The van der Waals surface area contributed by atoms with E-state index in [0.717, 1.165) is 6.92 Å². The van der Waals surface area contributed by atoms with Gasteiger partial charge >= 0.3 is 12.1 Å². The summed E-state index contributed by atoms with van der Waals surface area (Å²) in [6.07, 6.45) is -5.02. The molecule has 0 radical (unpaired) electrons. The fourth-order valence-electron chi connectivity index (χ4n) is 0.249. The van der Waals surface area contributed by atoms with Crippen molar-refractivity contribution in [3.05, 3.63) is 0 Å². The second-order valence-electron chi connectivity index (χ2n) is 1.78. The average Bonchev–Trinajstić information content (AvgIpc) is 1.80. The van der Waals surface area contributed by atoms with Crippen molar-refractivity contribution in [3.8, 4) is 0 Å². The minimum Gasteiger partial charge on any atom is -0.451 e. The Morgan fingerprint density at radius 2 is 1.82 bits per heavy atom. The molecule has 11 heavy (non-hydrogen) atoms. The zero-order chi connectivity index (χ0) is 9.07. The summed E-state index contributed by atoms with van der Waals surface area (Å²) in [6.45, 7) is 0.183. The van der Waals surface area contributed by atoms with Gasteiger partial charge in [0.25, 0.3) is 0 Å². The van der Waals surface area contributed by atoms with E-state index >= 15 is 0 Å². The number of carbonyl (C=O) groups is 2. The van der Waals surface area contributed by atoms with Gasteiger partial charge in [-0.25, -0.2) is 4.79 Å². The van der Waals surface area contributed by atoms with Crippen molar-refractivity contribution in [3.63, 3.8) is 0 Å². The minimum absolute atomic E-state index is 0.636. The third kappa shape index (κ3) is 4.35. The van der Waals surface area contributed by atoms with E-state index in [-0.39, 0.29) is 0 Å². The number of halogens is 3. The highest BCUT2D eigenvalue weighted by molar-refractivity contribution is 5.82. The molecular weight excluding hydrogens is 165 g/mol. The van der Waals surface area contributed by atoms with Crippen molar-refractivity contribution in [2.45, 2.75) is 13.1 Å². The molecule has 0 aliphatic heterocycles. The number of carbonyl (C=O) groups excluding carboxylic acids is 2. The van der Waals surface area contributed by atoms with Crippen LogP contribution < -0.4 is 0 Å². The molecule has 0 aliphatic rings. The van der Waals surface area contributed by atoms with E-state index in [1.807, 2.05) is 0 Å².